The summed E-state index contributed by atoms with van der Waals surface area (Å²) in [6.07, 6.45) is 0. The molecule has 2 atom stereocenters. The van der Waals surface area contributed by atoms with Gasteiger partial charge < -0.3 is 9.47 Å². The fourth-order valence-electron chi connectivity index (χ4n) is 2.23. The van der Waals surface area contributed by atoms with Gasteiger partial charge in [-0.2, -0.15) is 5.26 Å². The van der Waals surface area contributed by atoms with E-state index in [0.717, 1.165) is 11.0 Å². The lowest BCUT2D eigenvalue weighted by atomic mass is 10.0. The van der Waals surface area contributed by atoms with Crippen molar-refractivity contribution in [1.29, 1.82) is 5.26 Å². The Balaban J connectivity index is 2.02. The number of nitrogens with zero attached hydrogens (tertiary/aromatic N) is 1. The highest BCUT2D eigenvalue weighted by atomic mass is 35.5. The first kappa shape index (κ1) is 21.7. The number of carbonyl (C=O) groups excluding carboxylic acids is 2. The Morgan fingerprint density at radius 3 is 2.50 bits per heavy atom. The van der Waals surface area contributed by atoms with Crippen molar-refractivity contribution < 1.29 is 23.5 Å². The molecule has 2 aromatic rings. The third-order valence-electron chi connectivity index (χ3n) is 3.59. The number of nitriles is 1. The lowest BCUT2D eigenvalue weighted by molar-refractivity contribution is -0.149. The van der Waals surface area contributed by atoms with E-state index in [1.54, 1.807) is 44.2 Å². The molecule has 28 heavy (non-hydrogen) atoms. The van der Waals surface area contributed by atoms with Crippen molar-refractivity contribution in [3.05, 3.63) is 53.3 Å². The zero-order chi connectivity index (χ0) is 20.7. The molecule has 0 fully saturated rings. The van der Waals surface area contributed by atoms with Crippen molar-refractivity contribution in [2.75, 3.05) is 6.61 Å². The number of rotatable bonds is 8. The van der Waals surface area contributed by atoms with Gasteiger partial charge in [-0.25, -0.2) is 4.39 Å². The van der Waals surface area contributed by atoms with Gasteiger partial charge in [0.05, 0.1) is 17.9 Å². The number of ketones is 1. The topological polar surface area (TPSA) is 76.4 Å². The molecule has 0 aliphatic rings. The SMILES string of the molecule is CCOC(=O)C(C#N)C(=O)C(C)Sc1ccc(Oc2ccc(Cl)cc2F)cc1. The van der Waals surface area contributed by atoms with Crippen LogP contribution in [0.1, 0.15) is 13.8 Å². The van der Waals surface area contributed by atoms with Crippen LogP contribution in [-0.2, 0) is 14.3 Å². The molecule has 0 aromatic heterocycles. The summed E-state index contributed by atoms with van der Waals surface area (Å²) in [6.45, 7) is 3.32. The van der Waals surface area contributed by atoms with Crippen molar-refractivity contribution in [2.45, 2.75) is 24.0 Å². The Morgan fingerprint density at radius 2 is 1.93 bits per heavy atom. The molecule has 0 heterocycles. The molecule has 0 saturated heterocycles. The Bertz CT molecular complexity index is 898. The minimum Gasteiger partial charge on any atom is -0.465 e. The highest BCUT2D eigenvalue weighted by molar-refractivity contribution is 8.00. The highest BCUT2D eigenvalue weighted by Crippen LogP contribution is 2.30. The summed E-state index contributed by atoms with van der Waals surface area (Å²) >= 11 is 6.90. The Kier molecular flexibility index (Phi) is 7.85. The lowest BCUT2D eigenvalue weighted by Crippen LogP contribution is -2.30. The number of carbonyl (C=O) groups is 2. The molecule has 0 N–H and O–H groups in total. The van der Waals surface area contributed by atoms with Gasteiger partial charge in [0.1, 0.15) is 5.75 Å². The lowest BCUT2D eigenvalue weighted by Gasteiger charge is -2.14. The molecule has 0 spiro atoms. The van der Waals surface area contributed by atoms with E-state index in [1.165, 1.54) is 23.9 Å². The van der Waals surface area contributed by atoms with Gasteiger partial charge in [0.2, 0.25) is 5.92 Å². The van der Waals surface area contributed by atoms with Gasteiger partial charge >= 0.3 is 5.97 Å². The summed E-state index contributed by atoms with van der Waals surface area (Å²) in [5.74, 6) is -2.93. The predicted molar refractivity (Wildman–Crippen MR) is 104 cm³/mol. The molecule has 5 nitrogen and oxygen atoms in total. The summed E-state index contributed by atoms with van der Waals surface area (Å²) < 4.78 is 24.0. The average Bonchev–Trinajstić information content (AvgIpc) is 2.66. The van der Waals surface area contributed by atoms with E-state index in [0.29, 0.717) is 5.75 Å². The number of hydrogen-bond acceptors (Lipinski definition) is 6. The molecule has 2 rings (SSSR count). The molecule has 0 amide bonds. The van der Waals surface area contributed by atoms with E-state index in [-0.39, 0.29) is 17.4 Å². The number of thioether (sulfide) groups is 1. The maximum absolute atomic E-state index is 13.8. The molecule has 2 aromatic carbocycles. The standard InChI is InChI=1S/C20H17ClFNO4S/c1-3-26-20(25)16(11-23)19(24)12(2)28-15-7-5-14(6-8-15)27-18-9-4-13(21)10-17(18)22/h4-10,12,16H,3H2,1-2H3. The van der Waals surface area contributed by atoms with Gasteiger partial charge in [-0.15, -0.1) is 11.8 Å². The highest BCUT2D eigenvalue weighted by Gasteiger charge is 2.32. The van der Waals surface area contributed by atoms with Crippen molar-refractivity contribution in [3.63, 3.8) is 0 Å². The van der Waals surface area contributed by atoms with E-state index >= 15 is 0 Å². The number of hydrogen-bond donors (Lipinski definition) is 0. The van der Waals surface area contributed by atoms with Crippen LogP contribution in [0.2, 0.25) is 5.02 Å². The largest absolute Gasteiger partial charge is 0.465 e. The summed E-state index contributed by atoms with van der Waals surface area (Å²) in [5, 5.41) is 8.73. The van der Waals surface area contributed by atoms with E-state index in [4.69, 9.17) is 26.3 Å². The summed E-state index contributed by atoms with van der Waals surface area (Å²) in [4.78, 5) is 24.8. The van der Waals surface area contributed by atoms with Crippen LogP contribution in [0.4, 0.5) is 4.39 Å². The monoisotopic (exact) mass is 421 g/mol. The number of Topliss-reactive ketones (excluding diaryl/α,β-unsaturated/α-hetero) is 1. The first-order valence-electron chi connectivity index (χ1n) is 8.35. The van der Waals surface area contributed by atoms with Gasteiger partial charge in [0.15, 0.2) is 17.3 Å². The molecule has 8 heteroatoms. The Labute approximate surface area is 171 Å². The molecule has 0 aliphatic carbocycles. The van der Waals surface area contributed by atoms with Crippen LogP contribution < -0.4 is 4.74 Å². The van der Waals surface area contributed by atoms with Crippen LogP contribution in [-0.4, -0.2) is 23.6 Å². The molecule has 0 radical (unpaired) electrons. The van der Waals surface area contributed by atoms with Crippen LogP contribution >= 0.6 is 23.4 Å². The summed E-state index contributed by atoms with van der Waals surface area (Å²) in [5.41, 5.74) is 0. The van der Waals surface area contributed by atoms with Gasteiger partial charge in [0, 0.05) is 9.92 Å². The summed E-state index contributed by atoms with van der Waals surface area (Å²) in [6, 6.07) is 12.4. The van der Waals surface area contributed by atoms with Gasteiger partial charge in [-0.1, -0.05) is 11.6 Å². The third-order valence-corrected chi connectivity index (χ3v) is 4.96. The smallest absolute Gasteiger partial charge is 0.331 e. The number of benzene rings is 2. The van der Waals surface area contributed by atoms with E-state index < -0.39 is 28.7 Å². The predicted octanol–water partition coefficient (Wildman–Crippen LogP) is 5.02. The molecular formula is C20H17ClFNO4S. The number of ether oxygens (including phenoxy) is 2. The van der Waals surface area contributed by atoms with Crippen LogP contribution in [0.3, 0.4) is 0 Å². The van der Waals surface area contributed by atoms with Crippen LogP contribution in [0.5, 0.6) is 11.5 Å². The zero-order valence-corrected chi connectivity index (χ0v) is 16.7. The molecule has 0 saturated carbocycles. The van der Waals surface area contributed by atoms with Crippen LogP contribution in [0.25, 0.3) is 0 Å². The second kappa shape index (κ2) is 10.1. The van der Waals surface area contributed by atoms with Gasteiger partial charge in [0.25, 0.3) is 0 Å². The fraction of sp³-hybridized carbons (Fsp3) is 0.250. The second-order valence-electron chi connectivity index (χ2n) is 5.62. The molecule has 146 valence electrons. The first-order chi connectivity index (χ1) is 13.3. The van der Waals surface area contributed by atoms with E-state index in [1.807, 2.05) is 0 Å². The molecular weight excluding hydrogens is 405 g/mol. The van der Waals surface area contributed by atoms with Crippen LogP contribution in [0, 0.1) is 23.1 Å². The normalized spacial score (nSPS) is 12.5. The maximum atomic E-state index is 13.8. The van der Waals surface area contributed by atoms with E-state index in [2.05, 4.69) is 0 Å². The quantitative estimate of drug-likeness (QED) is 0.338. The zero-order valence-electron chi connectivity index (χ0n) is 15.1. The van der Waals surface area contributed by atoms with Gasteiger partial charge in [-0.05, 0) is 56.3 Å². The molecule has 0 bridgehead atoms. The van der Waals surface area contributed by atoms with Crippen molar-refractivity contribution >= 4 is 35.1 Å². The first-order valence-corrected chi connectivity index (χ1v) is 9.61. The number of esters is 1. The number of halogens is 2. The van der Waals surface area contributed by atoms with Crippen LogP contribution in [0.15, 0.2) is 47.4 Å². The molecule has 2 unspecified atom stereocenters. The summed E-state index contributed by atoms with van der Waals surface area (Å²) in [7, 11) is 0. The van der Waals surface area contributed by atoms with Crippen molar-refractivity contribution in [1.82, 2.24) is 0 Å². The van der Waals surface area contributed by atoms with Gasteiger partial charge in [-0.3, -0.25) is 9.59 Å². The van der Waals surface area contributed by atoms with E-state index in [9.17, 15) is 14.0 Å². The fourth-order valence-corrected chi connectivity index (χ4v) is 3.34. The molecule has 0 aliphatic heterocycles. The maximum Gasteiger partial charge on any atom is 0.331 e. The van der Waals surface area contributed by atoms with Crippen molar-refractivity contribution in [3.8, 4) is 17.6 Å². The minimum absolute atomic E-state index is 0.0413. The minimum atomic E-state index is -1.45. The third kappa shape index (κ3) is 5.72. The average molecular weight is 422 g/mol. The Morgan fingerprint density at radius 1 is 1.25 bits per heavy atom. The Hall–Kier alpha value is -2.56. The second-order valence-corrected chi connectivity index (χ2v) is 7.48. The van der Waals surface area contributed by atoms with Crippen molar-refractivity contribution in [2.24, 2.45) is 5.92 Å².